The third-order valence-electron chi connectivity index (χ3n) is 21.5. The van der Waals surface area contributed by atoms with Gasteiger partial charge in [-0.2, -0.15) is 4.98 Å². The minimum absolute atomic E-state index is 0.0201. The quantitative estimate of drug-likeness (QED) is 0.0213. The molecule has 3 aromatic rings. The number of piperazine rings is 1. The van der Waals surface area contributed by atoms with Crippen molar-refractivity contribution in [1.29, 1.82) is 0 Å². The van der Waals surface area contributed by atoms with Gasteiger partial charge in [-0.1, -0.05) is 88.6 Å². The van der Waals surface area contributed by atoms with Crippen molar-refractivity contribution in [3.8, 4) is 16.9 Å². The van der Waals surface area contributed by atoms with Crippen LogP contribution < -0.4 is 25.6 Å². The number of aromatic nitrogens is 2. The number of cyclic esters (lactones) is 1. The Balaban J connectivity index is 0.788. The van der Waals surface area contributed by atoms with Crippen LogP contribution >= 0.6 is 11.6 Å². The van der Waals surface area contributed by atoms with Crippen LogP contribution in [-0.2, 0) is 43.0 Å². The van der Waals surface area contributed by atoms with Gasteiger partial charge in [0.05, 0.1) is 46.6 Å². The van der Waals surface area contributed by atoms with Crippen LogP contribution in [0, 0.1) is 41.3 Å². The Bertz CT molecular complexity index is 3550. The molecule has 1 unspecified atom stereocenters. The maximum Gasteiger partial charge on any atom is 0.329 e. The van der Waals surface area contributed by atoms with Crippen LogP contribution in [0.2, 0.25) is 5.02 Å². The number of hydrogen-bond donors (Lipinski definition) is 8. The van der Waals surface area contributed by atoms with Crippen LogP contribution in [0.3, 0.4) is 0 Å². The number of Topliss-reactive ketones (excluding diaryl/α,β-unsaturated/α-hetero) is 2. The predicted octanol–water partition coefficient (Wildman–Crippen LogP) is 8.93. The van der Waals surface area contributed by atoms with E-state index in [0.717, 1.165) is 29.7 Å². The SMILES string of the molecule is C=CC(O)N1CCN(c2nc(NCCC(=O)NCCCCCCNC(=O)CCC[C@@H]3/C=C(\C)C[C@H](C)C[C@H](C)[C@H]4O[C@@](O)(C(=O)C(=O)N5CCCC[C@H]5C(=O)O[C@H](/C(C)=C/[C@@H]5CC[C@@H](O)[C@H](OC)C5)[C@H](C)[C@@H](O)CC3=O)[C@H](C)C[C@@H]4O)nc3c4c(c(Cl)cc23)-c2c(F)cccc2OC/C=C/4)CC1. The third-order valence-corrected chi connectivity index (χ3v) is 21.8. The summed E-state index contributed by atoms with van der Waals surface area (Å²) in [6.45, 7) is 18.1. The number of aliphatic hydroxyl groups excluding tert-OH is 4. The molecule has 6 heterocycles. The Morgan fingerprint density at radius 1 is 0.873 bits per heavy atom. The molecule has 5 aliphatic heterocycles. The van der Waals surface area contributed by atoms with Gasteiger partial charge < -0.3 is 70.2 Å². The van der Waals surface area contributed by atoms with E-state index in [9.17, 15) is 54.3 Å². The lowest BCUT2D eigenvalue weighted by molar-refractivity contribution is -0.292. The van der Waals surface area contributed by atoms with E-state index in [0.29, 0.717) is 148 Å². The number of allylic oxidation sites excluding steroid dienone is 3. The number of amides is 3. The van der Waals surface area contributed by atoms with Crippen molar-refractivity contribution in [2.24, 2.45) is 35.5 Å². The molecule has 1 saturated carbocycles. The molecule has 0 spiro atoms. The minimum atomic E-state index is -2.58. The first-order chi connectivity index (χ1) is 48.8. The number of hydrogen-bond acceptors (Lipinski definition) is 20. The lowest BCUT2D eigenvalue weighted by Gasteiger charge is -2.46. The molecule has 4 fully saturated rings. The molecule has 15 atom stereocenters. The number of aliphatic hydroxyl groups is 5. The summed E-state index contributed by atoms with van der Waals surface area (Å²) >= 11 is 7.04. The Morgan fingerprint density at radius 3 is 2.31 bits per heavy atom. The van der Waals surface area contributed by atoms with E-state index < -0.39 is 102 Å². The van der Waals surface area contributed by atoms with Crippen LogP contribution in [-0.4, -0.2) is 201 Å². The summed E-state index contributed by atoms with van der Waals surface area (Å²) in [5.41, 5.74) is 3.29. The van der Waals surface area contributed by atoms with E-state index in [2.05, 4.69) is 27.4 Å². The fourth-order valence-electron chi connectivity index (χ4n) is 15.8. The van der Waals surface area contributed by atoms with Gasteiger partial charge >= 0.3 is 5.97 Å². The topological polar surface area (TPSA) is 312 Å². The van der Waals surface area contributed by atoms with Gasteiger partial charge in [-0.15, -0.1) is 0 Å². The Labute approximate surface area is 604 Å². The number of nitrogens with one attached hydrogen (secondary N) is 3. The number of methoxy groups -OCH3 is 1. The summed E-state index contributed by atoms with van der Waals surface area (Å²) in [6.07, 6.45) is 10.2. The van der Waals surface area contributed by atoms with Crippen molar-refractivity contribution >= 4 is 75.6 Å². The van der Waals surface area contributed by atoms with Gasteiger partial charge in [0.15, 0.2) is 0 Å². The number of benzene rings is 2. The number of carbonyl (C=O) groups excluding carboxylic acids is 6. The monoisotopic (exact) mass is 1440 g/mol. The summed E-state index contributed by atoms with van der Waals surface area (Å²) < 4.78 is 39.7. The summed E-state index contributed by atoms with van der Waals surface area (Å²) in [5.74, 6) is -8.56. The van der Waals surface area contributed by atoms with E-state index in [-0.39, 0.29) is 92.7 Å². The number of carbonyl (C=O) groups is 6. The van der Waals surface area contributed by atoms with Crippen LogP contribution in [0.5, 0.6) is 5.75 Å². The second kappa shape index (κ2) is 36.8. The summed E-state index contributed by atoms with van der Waals surface area (Å²) in [6, 6.07) is 5.19. The molecule has 8 N–H and O–H groups in total. The second-order valence-corrected chi connectivity index (χ2v) is 29.7. The predicted molar refractivity (Wildman–Crippen MR) is 387 cm³/mol. The first-order valence-electron chi connectivity index (χ1n) is 36.9. The molecular weight excluding hydrogens is 1330 g/mol. The molecule has 3 amide bonds. The number of fused-ring (bicyclic) bond motifs is 8. The van der Waals surface area contributed by atoms with E-state index in [4.69, 9.17) is 40.5 Å². The molecule has 1 aliphatic carbocycles. The Morgan fingerprint density at radius 2 is 1.60 bits per heavy atom. The lowest BCUT2D eigenvalue weighted by Crippen LogP contribution is -2.63. The number of unbranched alkanes of at least 4 members (excludes halogenated alkanes) is 3. The maximum absolute atomic E-state index is 15.7. The molecule has 2 bridgehead atoms. The van der Waals surface area contributed by atoms with Gasteiger partial charge in [0.1, 0.15) is 48.1 Å². The number of halogens is 2. The van der Waals surface area contributed by atoms with Crippen LogP contribution in [0.1, 0.15) is 163 Å². The number of rotatable bonds is 21. The van der Waals surface area contributed by atoms with Crippen LogP contribution in [0.25, 0.3) is 28.1 Å². The van der Waals surface area contributed by atoms with Crippen molar-refractivity contribution in [2.75, 3.05) is 76.3 Å². The number of ether oxygens (including phenoxy) is 4. The molecule has 25 heteroatoms. The highest BCUT2D eigenvalue weighted by atomic mass is 35.5. The van der Waals surface area contributed by atoms with E-state index >= 15 is 4.39 Å². The molecule has 3 saturated heterocycles. The first-order valence-corrected chi connectivity index (χ1v) is 37.3. The van der Waals surface area contributed by atoms with Crippen molar-refractivity contribution < 1.29 is 77.6 Å². The first kappa shape index (κ1) is 79.4. The number of esters is 1. The zero-order valence-corrected chi connectivity index (χ0v) is 61.1. The van der Waals surface area contributed by atoms with Crippen molar-refractivity contribution in [3.63, 3.8) is 0 Å². The molecule has 1 aromatic heterocycles. The van der Waals surface area contributed by atoms with Crippen LogP contribution in [0.15, 0.2) is 66.3 Å². The summed E-state index contributed by atoms with van der Waals surface area (Å²) in [5, 5.41) is 66.9. The molecule has 0 radical (unpaired) electrons. The van der Waals surface area contributed by atoms with Crippen molar-refractivity contribution in [1.82, 2.24) is 30.4 Å². The van der Waals surface area contributed by atoms with E-state index in [1.807, 2.05) is 50.0 Å². The van der Waals surface area contributed by atoms with Gasteiger partial charge in [0, 0.05) is 113 Å². The Kier molecular flexibility index (Phi) is 28.6. The second-order valence-electron chi connectivity index (χ2n) is 29.3. The normalized spacial score (nSPS) is 30.2. The molecule has 6 aliphatic rings. The highest BCUT2D eigenvalue weighted by Crippen LogP contribution is 2.46. The average molecular weight is 1440 g/mol. The number of nitrogens with zero attached hydrogens (tertiary/aromatic N) is 5. The Hall–Kier alpha value is -6.74. The smallest absolute Gasteiger partial charge is 0.329 e. The molecule has 2 aromatic carbocycles. The third kappa shape index (κ3) is 19.8. The fourth-order valence-corrected chi connectivity index (χ4v) is 16.1. The zero-order valence-electron chi connectivity index (χ0n) is 60.4. The lowest BCUT2D eigenvalue weighted by atomic mass is 9.79. The minimum Gasteiger partial charge on any atom is -0.489 e. The van der Waals surface area contributed by atoms with E-state index in [1.165, 1.54) is 12.1 Å². The highest BCUT2D eigenvalue weighted by Gasteiger charge is 2.56. The summed E-state index contributed by atoms with van der Waals surface area (Å²) in [4.78, 5) is 99.6. The number of piperidine rings is 1. The zero-order chi connectivity index (χ0) is 73.5. The van der Waals surface area contributed by atoms with Gasteiger partial charge in [-0.25, -0.2) is 14.2 Å². The fraction of sp³-hybridized carbons (Fsp3) is 0.636. The molecular formula is C77H108ClFN8O15. The van der Waals surface area contributed by atoms with Crippen LogP contribution in [0.4, 0.5) is 16.2 Å². The van der Waals surface area contributed by atoms with Gasteiger partial charge in [-0.3, -0.25) is 28.9 Å². The van der Waals surface area contributed by atoms with Crippen molar-refractivity contribution in [3.05, 3.63) is 82.7 Å². The molecule has 102 heavy (non-hydrogen) atoms. The van der Waals surface area contributed by atoms with Gasteiger partial charge in [0.25, 0.3) is 11.7 Å². The van der Waals surface area contributed by atoms with Crippen molar-refractivity contribution in [2.45, 2.75) is 212 Å². The molecule has 23 nitrogen and oxygen atoms in total. The van der Waals surface area contributed by atoms with Gasteiger partial charge in [-0.05, 0) is 151 Å². The largest absolute Gasteiger partial charge is 0.489 e. The highest BCUT2D eigenvalue weighted by molar-refractivity contribution is 6.39. The number of ketones is 2. The van der Waals surface area contributed by atoms with E-state index in [1.54, 1.807) is 46.1 Å². The molecule has 560 valence electrons. The summed E-state index contributed by atoms with van der Waals surface area (Å²) in [7, 11) is 1.54. The standard InChI is InChI=1S/C77H108ClFN8O15/c1-9-66(94)85-32-34-86(35-33-85)73-54-43-55(78)67-53(20-18-36-100-62-23-17-21-56(79)68(62)67)69(54)83-76(84-73)82-30-27-65(93)81-29-14-11-10-13-28-80-64(92)24-16-19-52-39-46(3)37-45(2)38-47(4)71-61(91)41-49(6)77(98,102-71)72(95)74(96)87-31-15-12-22-57(87)75(97)101-70(50(7)59(89)44-60(52)90)48(5)40-51-25-26-58(88)63(42-51)99-8/h9,17-18,20-21,23,39-40,43,45,47,49-52,57-59,61,63,66,70-71,88-89,91,94,98H,1,10-16,19,22,24-38,41-42,44H2,2-8H3,(H,80,92)(H,81,93)(H,82,83,84)/b20-18+,46-39+,48-40+/t45-,47-,49+,50+,51-,52+,57-,58+,59-,61-,63+,66?,70+,71+,77+/m0/s1. The van der Waals surface area contributed by atoms with Gasteiger partial charge in [0.2, 0.25) is 23.5 Å². The number of anilines is 2. The average Bonchev–Trinajstić information content (AvgIpc) is 0.754. The maximum atomic E-state index is 15.7. The molecule has 9 rings (SSSR count).